The Labute approximate surface area is 236 Å². The summed E-state index contributed by atoms with van der Waals surface area (Å²) >= 11 is 1.55. The van der Waals surface area contributed by atoms with Gasteiger partial charge in [-0.25, -0.2) is 13.8 Å². The predicted octanol–water partition coefficient (Wildman–Crippen LogP) is 4.47. The van der Waals surface area contributed by atoms with Crippen molar-refractivity contribution in [3.8, 4) is 0 Å². The van der Waals surface area contributed by atoms with Crippen LogP contribution in [0.15, 0.2) is 41.8 Å². The highest BCUT2D eigenvalue weighted by molar-refractivity contribution is 7.09. The molecule has 0 radical (unpaired) electrons. The highest BCUT2D eigenvalue weighted by Crippen LogP contribution is 2.35. The van der Waals surface area contributed by atoms with Crippen molar-refractivity contribution < 1.29 is 23.5 Å². The lowest BCUT2D eigenvalue weighted by molar-refractivity contribution is 0.0733. The molecule has 212 valence electrons. The third kappa shape index (κ3) is 6.40. The first-order valence-corrected chi connectivity index (χ1v) is 14.6. The lowest BCUT2D eigenvalue weighted by atomic mass is 9.94. The smallest absolute Gasteiger partial charge is 0.254 e. The second-order valence-corrected chi connectivity index (χ2v) is 11.7. The maximum Gasteiger partial charge on any atom is 0.254 e. The van der Waals surface area contributed by atoms with E-state index in [4.69, 9.17) is 0 Å². The molecule has 4 atom stereocenters. The molecule has 2 saturated heterocycles. The number of aryl methyl sites for hydroxylation is 2. The van der Waals surface area contributed by atoms with E-state index in [0.717, 1.165) is 54.6 Å². The molecule has 2 aromatic carbocycles. The number of carbonyl (C=O) groups is 2. The van der Waals surface area contributed by atoms with Gasteiger partial charge in [-0.3, -0.25) is 9.59 Å². The van der Waals surface area contributed by atoms with Crippen molar-refractivity contribution in [2.45, 2.75) is 70.2 Å². The molecule has 3 aromatic rings. The van der Waals surface area contributed by atoms with Crippen LogP contribution in [-0.4, -0.2) is 58.1 Å². The average Bonchev–Trinajstić information content (AvgIpc) is 3.68. The number of aromatic nitrogens is 1. The van der Waals surface area contributed by atoms with Gasteiger partial charge in [0.05, 0.1) is 18.2 Å². The summed E-state index contributed by atoms with van der Waals surface area (Å²) < 4.78 is 27.8. The molecule has 0 saturated carbocycles. The van der Waals surface area contributed by atoms with Crippen molar-refractivity contribution in [2.24, 2.45) is 0 Å². The molecule has 0 aliphatic carbocycles. The van der Waals surface area contributed by atoms with Crippen LogP contribution in [-0.2, 0) is 6.42 Å². The number of aliphatic hydroxyl groups is 1. The Balaban J connectivity index is 1.37. The molecule has 3 N–H and O–H groups in total. The number of rotatable bonds is 8. The van der Waals surface area contributed by atoms with E-state index in [1.807, 2.05) is 24.1 Å². The normalized spacial score (nSPS) is 20.5. The summed E-state index contributed by atoms with van der Waals surface area (Å²) in [7, 11) is 0. The Bertz CT molecular complexity index is 1370. The van der Waals surface area contributed by atoms with E-state index in [0.29, 0.717) is 17.7 Å². The molecule has 1 aromatic heterocycles. The molecule has 7 nitrogen and oxygen atoms in total. The summed E-state index contributed by atoms with van der Waals surface area (Å²) in [6.07, 6.45) is 2.40. The highest BCUT2D eigenvalue weighted by Gasteiger charge is 2.34. The van der Waals surface area contributed by atoms with Crippen molar-refractivity contribution in [1.82, 2.24) is 20.5 Å². The average molecular weight is 569 g/mol. The minimum absolute atomic E-state index is 0.0417. The van der Waals surface area contributed by atoms with Crippen LogP contribution in [0.2, 0.25) is 0 Å². The van der Waals surface area contributed by atoms with Gasteiger partial charge in [-0.15, -0.1) is 11.3 Å². The number of nitrogens with zero attached hydrogens (tertiary/aromatic N) is 2. The van der Waals surface area contributed by atoms with Gasteiger partial charge in [0.1, 0.15) is 16.6 Å². The second kappa shape index (κ2) is 12.1. The number of amides is 2. The van der Waals surface area contributed by atoms with Crippen molar-refractivity contribution in [3.05, 3.63) is 86.4 Å². The number of nitrogens with one attached hydrogen (secondary N) is 2. The molecule has 0 unspecified atom stereocenters. The molecular weight excluding hydrogens is 534 g/mol. The Hall–Kier alpha value is -3.21. The molecule has 3 heterocycles. The summed E-state index contributed by atoms with van der Waals surface area (Å²) in [6.45, 7) is 5.12. The van der Waals surface area contributed by atoms with E-state index in [2.05, 4.69) is 15.6 Å². The zero-order valence-corrected chi connectivity index (χ0v) is 23.4. The Morgan fingerprint density at radius 1 is 1.10 bits per heavy atom. The van der Waals surface area contributed by atoms with Crippen LogP contribution in [0.1, 0.15) is 74.3 Å². The highest BCUT2D eigenvalue weighted by atomic mass is 32.1. The van der Waals surface area contributed by atoms with Crippen LogP contribution in [0.3, 0.4) is 0 Å². The Morgan fingerprint density at radius 2 is 1.85 bits per heavy atom. The second-order valence-electron chi connectivity index (χ2n) is 10.8. The fraction of sp³-hybridized carbons (Fsp3) is 0.433. The minimum atomic E-state index is -0.976. The van der Waals surface area contributed by atoms with Gasteiger partial charge in [0.25, 0.3) is 11.8 Å². The van der Waals surface area contributed by atoms with Crippen molar-refractivity contribution in [2.75, 3.05) is 13.1 Å². The Morgan fingerprint density at radius 3 is 2.52 bits per heavy atom. The number of benzene rings is 2. The van der Waals surface area contributed by atoms with Gasteiger partial charge in [-0.2, -0.15) is 0 Å². The van der Waals surface area contributed by atoms with Crippen LogP contribution in [0.5, 0.6) is 0 Å². The van der Waals surface area contributed by atoms with Gasteiger partial charge in [0.2, 0.25) is 0 Å². The topological polar surface area (TPSA) is 94.6 Å². The maximum atomic E-state index is 13.9. The maximum absolute atomic E-state index is 13.9. The number of hydrogen-bond acceptors (Lipinski definition) is 6. The van der Waals surface area contributed by atoms with E-state index in [1.54, 1.807) is 29.5 Å². The number of likely N-dealkylation sites (tertiary alicyclic amines) is 1. The summed E-state index contributed by atoms with van der Waals surface area (Å²) in [5, 5.41) is 20.2. The van der Waals surface area contributed by atoms with Crippen LogP contribution >= 0.6 is 11.3 Å². The molecule has 40 heavy (non-hydrogen) atoms. The van der Waals surface area contributed by atoms with Gasteiger partial charge < -0.3 is 20.6 Å². The summed E-state index contributed by atoms with van der Waals surface area (Å²) in [5.74, 6) is -2.06. The first-order chi connectivity index (χ1) is 19.2. The molecule has 0 bridgehead atoms. The van der Waals surface area contributed by atoms with Gasteiger partial charge in [-0.05, 0) is 94.0 Å². The van der Waals surface area contributed by atoms with E-state index in [-0.39, 0.29) is 30.0 Å². The Kier molecular flexibility index (Phi) is 8.58. The third-order valence-corrected chi connectivity index (χ3v) is 8.70. The molecule has 2 amide bonds. The minimum Gasteiger partial charge on any atom is -0.389 e. The summed E-state index contributed by atoms with van der Waals surface area (Å²) in [6, 6.07) is 7.09. The fourth-order valence-electron chi connectivity index (χ4n) is 5.77. The lowest BCUT2D eigenvalue weighted by Crippen LogP contribution is -2.52. The van der Waals surface area contributed by atoms with Crippen molar-refractivity contribution in [3.63, 3.8) is 0 Å². The van der Waals surface area contributed by atoms with Gasteiger partial charge in [-0.1, -0.05) is 0 Å². The lowest BCUT2D eigenvalue weighted by Gasteiger charge is -2.29. The number of halogens is 2. The first kappa shape index (κ1) is 28.3. The fourth-order valence-corrected chi connectivity index (χ4v) is 6.71. The molecule has 2 aliphatic heterocycles. The largest absolute Gasteiger partial charge is 0.389 e. The van der Waals surface area contributed by atoms with E-state index in [9.17, 15) is 23.5 Å². The molecular formula is C30H34F2N4O3S. The third-order valence-electron chi connectivity index (χ3n) is 7.64. The van der Waals surface area contributed by atoms with Crippen LogP contribution in [0, 0.1) is 25.5 Å². The molecule has 2 aliphatic rings. The van der Waals surface area contributed by atoms with E-state index < -0.39 is 29.7 Å². The zero-order valence-electron chi connectivity index (χ0n) is 22.6. The molecule has 0 spiro atoms. The summed E-state index contributed by atoms with van der Waals surface area (Å²) in [4.78, 5) is 33.6. The van der Waals surface area contributed by atoms with Crippen LogP contribution in [0.25, 0.3) is 0 Å². The number of thiazole rings is 1. The van der Waals surface area contributed by atoms with Gasteiger partial charge in [0.15, 0.2) is 0 Å². The molecule has 5 rings (SSSR count). The van der Waals surface area contributed by atoms with Gasteiger partial charge in [0, 0.05) is 40.9 Å². The zero-order chi connectivity index (χ0) is 28.4. The predicted molar refractivity (Wildman–Crippen MR) is 149 cm³/mol. The quantitative estimate of drug-likeness (QED) is 0.373. The summed E-state index contributed by atoms with van der Waals surface area (Å²) in [5.41, 5.74) is 2.70. The van der Waals surface area contributed by atoms with Crippen LogP contribution < -0.4 is 10.6 Å². The number of carbonyl (C=O) groups excluding carboxylic acids is 2. The molecule has 2 fully saturated rings. The number of aliphatic hydroxyl groups excluding tert-OH is 1. The van der Waals surface area contributed by atoms with Gasteiger partial charge >= 0.3 is 0 Å². The standard InChI is InChI=1S/C30H34F2N4O3S/c1-17-9-20(14-21(10-17)30(39)36-8-4-6-26(36)29-34-18(2)16-40-29)28(38)35-25(27(37)24-5-3-7-33-24)13-19-11-22(31)15-23(32)12-19/h9-12,14-16,24-27,33,37H,3-8,13H2,1-2H3,(H,35,38)/t24-,25+,26-,27+/m1/s1. The monoisotopic (exact) mass is 568 g/mol. The SMILES string of the molecule is Cc1cc(C(=O)N[C@@H](Cc2cc(F)cc(F)c2)[C@@H](O)[C@H]2CCCN2)cc(C(=O)N2CCC[C@@H]2c2nc(C)cs2)c1. The van der Waals surface area contributed by atoms with E-state index >= 15 is 0 Å². The van der Waals surface area contributed by atoms with Crippen molar-refractivity contribution in [1.29, 1.82) is 0 Å². The van der Waals surface area contributed by atoms with Crippen LogP contribution in [0.4, 0.5) is 8.78 Å². The first-order valence-electron chi connectivity index (χ1n) is 13.7. The molecule has 10 heteroatoms. The van der Waals surface area contributed by atoms with E-state index in [1.165, 1.54) is 12.1 Å². The van der Waals surface area contributed by atoms with Crippen molar-refractivity contribution >= 4 is 23.2 Å². The number of hydrogen-bond donors (Lipinski definition) is 3.